The molecule has 0 saturated carbocycles. The molecule has 1 aromatic carbocycles. The van der Waals surface area contributed by atoms with Crippen LogP contribution in [0.3, 0.4) is 0 Å². The summed E-state index contributed by atoms with van der Waals surface area (Å²) in [5, 5.41) is 9.56. The van der Waals surface area contributed by atoms with E-state index in [2.05, 4.69) is 6.58 Å². The number of esters is 2. The normalized spacial score (nSPS) is 13.3. The van der Waals surface area contributed by atoms with Crippen LogP contribution >= 0.6 is 0 Å². The maximum atomic E-state index is 12.3. The van der Waals surface area contributed by atoms with Gasteiger partial charge in [0.05, 0.1) is 19.8 Å². The zero-order chi connectivity index (χ0) is 18.0. The van der Waals surface area contributed by atoms with E-state index >= 15 is 0 Å². The molecule has 0 radical (unpaired) electrons. The number of hydrogen-bond acceptors (Lipinski definition) is 5. The van der Waals surface area contributed by atoms with Crippen molar-refractivity contribution >= 4 is 18.0 Å². The minimum atomic E-state index is -1.51. The fraction of sp³-hybridized carbons (Fsp3) is 0.316. The fourth-order valence-corrected chi connectivity index (χ4v) is 2.28. The SMILES string of the molecule is C=CCC(C#N)(C/C(=C/c1ccccc1)C(=O)OCC)C(=O)OC. The third kappa shape index (κ3) is 4.82. The number of carbonyl (C=O) groups is 2. The molecule has 1 aromatic rings. The molecule has 1 atom stereocenters. The number of methoxy groups -OCH3 is 1. The quantitative estimate of drug-likeness (QED) is 0.416. The van der Waals surface area contributed by atoms with Gasteiger partial charge in [0.2, 0.25) is 0 Å². The lowest BCUT2D eigenvalue weighted by molar-refractivity contribution is -0.149. The third-order valence-electron chi connectivity index (χ3n) is 3.45. The lowest BCUT2D eigenvalue weighted by Crippen LogP contribution is -2.32. The van der Waals surface area contributed by atoms with Crippen molar-refractivity contribution in [3.8, 4) is 6.07 Å². The standard InChI is InChI=1S/C19H21NO4/c1-4-11-19(14-20,18(22)23-3)13-16(17(21)24-5-2)12-15-9-7-6-8-10-15/h4,6-10,12H,1,5,11,13H2,2-3H3/b16-12-. The molecule has 0 bridgehead atoms. The van der Waals surface area contributed by atoms with Crippen LogP contribution in [0.1, 0.15) is 25.3 Å². The number of nitriles is 1. The number of benzene rings is 1. The van der Waals surface area contributed by atoms with Gasteiger partial charge >= 0.3 is 11.9 Å². The summed E-state index contributed by atoms with van der Waals surface area (Å²) in [6, 6.07) is 11.1. The van der Waals surface area contributed by atoms with Gasteiger partial charge in [-0.1, -0.05) is 36.4 Å². The van der Waals surface area contributed by atoms with Gasteiger partial charge in [0.15, 0.2) is 5.41 Å². The molecule has 0 aliphatic rings. The molecule has 0 heterocycles. The molecule has 0 aliphatic heterocycles. The molecule has 0 saturated heterocycles. The number of hydrogen-bond donors (Lipinski definition) is 0. The number of nitrogens with zero attached hydrogens (tertiary/aromatic N) is 1. The van der Waals surface area contributed by atoms with Gasteiger partial charge in [0.1, 0.15) is 0 Å². The summed E-state index contributed by atoms with van der Waals surface area (Å²) >= 11 is 0. The highest BCUT2D eigenvalue weighted by molar-refractivity contribution is 5.95. The largest absolute Gasteiger partial charge is 0.468 e. The Morgan fingerprint density at radius 3 is 2.50 bits per heavy atom. The third-order valence-corrected chi connectivity index (χ3v) is 3.45. The lowest BCUT2D eigenvalue weighted by Gasteiger charge is -2.23. The zero-order valence-electron chi connectivity index (χ0n) is 14.0. The Balaban J connectivity index is 3.30. The Labute approximate surface area is 142 Å². The van der Waals surface area contributed by atoms with Crippen LogP contribution in [0.2, 0.25) is 0 Å². The molecular weight excluding hydrogens is 306 g/mol. The summed E-state index contributed by atoms with van der Waals surface area (Å²) in [5.41, 5.74) is -0.503. The zero-order valence-corrected chi connectivity index (χ0v) is 14.0. The molecule has 5 heteroatoms. The van der Waals surface area contributed by atoms with Gasteiger partial charge in [-0.05, 0) is 25.0 Å². The average molecular weight is 327 g/mol. The Kier molecular flexibility index (Phi) is 7.44. The van der Waals surface area contributed by atoms with Crippen molar-refractivity contribution in [2.75, 3.05) is 13.7 Å². The first kappa shape index (κ1) is 19.2. The summed E-state index contributed by atoms with van der Waals surface area (Å²) in [7, 11) is 1.21. The average Bonchev–Trinajstić information content (AvgIpc) is 2.60. The predicted molar refractivity (Wildman–Crippen MR) is 90.5 cm³/mol. The van der Waals surface area contributed by atoms with Gasteiger partial charge in [0, 0.05) is 12.0 Å². The van der Waals surface area contributed by atoms with E-state index in [9.17, 15) is 14.9 Å². The Morgan fingerprint density at radius 2 is 2.00 bits per heavy atom. The maximum absolute atomic E-state index is 12.3. The van der Waals surface area contributed by atoms with Crippen LogP contribution in [-0.2, 0) is 19.1 Å². The highest BCUT2D eigenvalue weighted by atomic mass is 16.5. The molecule has 126 valence electrons. The number of ether oxygens (including phenoxy) is 2. The van der Waals surface area contributed by atoms with Crippen LogP contribution in [0.25, 0.3) is 6.08 Å². The Hall–Kier alpha value is -2.87. The van der Waals surface area contributed by atoms with E-state index in [1.807, 2.05) is 36.4 Å². The topological polar surface area (TPSA) is 76.4 Å². The van der Waals surface area contributed by atoms with Crippen LogP contribution in [0, 0.1) is 16.7 Å². The summed E-state index contributed by atoms with van der Waals surface area (Å²) in [5.74, 6) is -1.26. The van der Waals surface area contributed by atoms with Crippen molar-refractivity contribution in [1.82, 2.24) is 0 Å². The Bertz CT molecular complexity index is 658. The molecular formula is C19H21NO4. The van der Waals surface area contributed by atoms with Crippen molar-refractivity contribution in [2.45, 2.75) is 19.8 Å². The van der Waals surface area contributed by atoms with Gasteiger partial charge in [-0.2, -0.15) is 5.26 Å². The van der Waals surface area contributed by atoms with Gasteiger partial charge in [-0.25, -0.2) is 4.79 Å². The highest BCUT2D eigenvalue weighted by Crippen LogP contribution is 2.33. The van der Waals surface area contributed by atoms with E-state index in [0.717, 1.165) is 5.56 Å². The van der Waals surface area contributed by atoms with E-state index in [1.165, 1.54) is 13.2 Å². The van der Waals surface area contributed by atoms with Gasteiger partial charge in [-0.3, -0.25) is 4.79 Å². The van der Waals surface area contributed by atoms with Crippen LogP contribution in [-0.4, -0.2) is 25.7 Å². The highest BCUT2D eigenvalue weighted by Gasteiger charge is 2.41. The van der Waals surface area contributed by atoms with E-state index in [0.29, 0.717) is 0 Å². The molecule has 0 amide bonds. The first-order valence-electron chi connectivity index (χ1n) is 7.56. The van der Waals surface area contributed by atoms with Crippen LogP contribution in [0.4, 0.5) is 0 Å². The second-order valence-electron chi connectivity index (χ2n) is 5.16. The Morgan fingerprint density at radius 1 is 1.33 bits per heavy atom. The molecule has 1 rings (SSSR count). The van der Waals surface area contributed by atoms with E-state index in [1.54, 1.807) is 13.0 Å². The van der Waals surface area contributed by atoms with Crippen molar-refractivity contribution < 1.29 is 19.1 Å². The summed E-state index contributed by atoms with van der Waals surface area (Å²) in [6.07, 6.45) is 3.04. The monoisotopic (exact) mass is 327 g/mol. The van der Waals surface area contributed by atoms with Crippen LogP contribution < -0.4 is 0 Å². The fourth-order valence-electron chi connectivity index (χ4n) is 2.28. The van der Waals surface area contributed by atoms with E-state index < -0.39 is 17.4 Å². The van der Waals surface area contributed by atoms with Gasteiger partial charge in [0.25, 0.3) is 0 Å². The lowest BCUT2D eigenvalue weighted by atomic mass is 9.79. The molecule has 5 nitrogen and oxygen atoms in total. The molecule has 0 fully saturated rings. The van der Waals surface area contributed by atoms with Crippen LogP contribution in [0.15, 0.2) is 48.6 Å². The van der Waals surface area contributed by atoms with Gasteiger partial charge < -0.3 is 9.47 Å². The van der Waals surface area contributed by atoms with E-state index in [-0.39, 0.29) is 25.0 Å². The molecule has 0 aliphatic carbocycles. The number of rotatable bonds is 8. The molecule has 0 N–H and O–H groups in total. The van der Waals surface area contributed by atoms with Crippen molar-refractivity contribution in [3.63, 3.8) is 0 Å². The summed E-state index contributed by atoms with van der Waals surface area (Å²) in [6.45, 7) is 5.48. The minimum Gasteiger partial charge on any atom is -0.468 e. The van der Waals surface area contributed by atoms with Crippen molar-refractivity contribution in [2.24, 2.45) is 5.41 Å². The molecule has 0 aromatic heterocycles. The van der Waals surface area contributed by atoms with Gasteiger partial charge in [-0.15, -0.1) is 6.58 Å². The van der Waals surface area contributed by atoms with Crippen molar-refractivity contribution in [1.29, 1.82) is 5.26 Å². The second kappa shape index (κ2) is 9.31. The van der Waals surface area contributed by atoms with Crippen molar-refractivity contribution in [3.05, 3.63) is 54.1 Å². The van der Waals surface area contributed by atoms with Crippen LogP contribution in [0.5, 0.6) is 0 Å². The first-order valence-corrected chi connectivity index (χ1v) is 7.56. The maximum Gasteiger partial charge on any atom is 0.334 e. The second-order valence-corrected chi connectivity index (χ2v) is 5.16. The summed E-state index contributed by atoms with van der Waals surface area (Å²) < 4.78 is 9.82. The molecule has 0 spiro atoms. The molecule has 24 heavy (non-hydrogen) atoms. The number of carbonyl (C=O) groups excluding carboxylic acids is 2. The smallest absolute Gasteiger partial charge is 0.334 e. The minimum absolute atomic E-state index is 0.0711. The molecule has 1 unspecified atom stereocenters. The predicted octanol–water partition coefficient (Wildman–Crippen LogP) is 3.28. The summed E-state index contributed by atoms with van der Waals surface area (Å²) in [4.78, 5) is 24.4. The first-order chi connectivity index (χ1) is 11.5. The van der Waals surface area contributed by atoms with E-state index in [4.69, 9.17) is 9.47 Å². The number of allylic oxidation sites excluding steroid dienone is 1.